The summed E-state index contributed by atoms with van der Waals surface area (Å²) in [6.45, 7) is 1.67. The van der Waals surface area contributed by atoms with E-state index in [-0.39, 0.29) is 0 Å². The third-order valence-corrected chi connectivity index (χ3v) is 4.03. The lowest BCUT2D eigenvalue weighted by molar-refractivity contribution is -0.0435. The molecule has 96 valence electrons. The number of alkyl halides is 3. The Morgan fingerprint density at radius 2 is 1.83 bits per heavy atom. The minimum Gasteiger partial charge on any atom is -0.256 e. The van der Waals surface area contributed by atoms with Crippen LogP contribution >= 0.6 is 0 Å². The topological polar surface area (TPSA) is 47.0 Å². The number of hydrogen-bond acceptors (Lipinski definition) is 3. The second-order valence-electron chi connectivity index (χ2n) is 3.76. The Balaban J connectivity index is 2.72. The fourth-order valence-corrected chi connectivity index (χ4v) is 2.35. The molecule has 0 spiro atoms. The number of aryl methyl sites for hydroxylation is 1. The number of hydrogen-bond donors (Lipinski definition) is 0. The van der Waals surface area contributed by atoms with Crippen LogP contribution in [-0.2, 0) is 9.84 Å². The Morgan fingerprint density at radius 1 is 1.17 bits per heavy atom. The fourth-order valence-electron chi connectivity index (χ4n) is 1.56. The Labute approximate surface area is 101 Å². The molecule has 0 aliphatic carbocycles. The van der Waals surface area contributed by atoms with Gasteiger partial charge in [-0.05, 0) is 36.8 Å². The van der Waals surface area contributed by atoms with Gasteiger partial charge in [0, 0.05) is 11.6 Å². The number of sulfone groups is 1. The average molecular weight is 275 g/mol. The van der Waals surface area contributed by atoms with Crippen LogP contribution in [0.2, 0.25) is 0 Å². The van der Waals surface area contributed by atoms with Crippen molar-refractivity contribution in [3.63, 3.8) is 0 Å². The molecule has 0 saturated heterocycles. The van der Waals surface area contributed by atoms with E-state index in [1.165, 1.54) is 12.3 Å². The molecule has 0 atom stereocenters. The molecule has 1 aromatic carbocycles. The first-order valence-electron chi connectivity index (χ1n) is 4.90. The van der Waals surface area contributed by atoms with E-state index in [0.29, 0.717) is 16.5 Å². The van der Waals surface area contributed by atoms with Gasteiger partial charge >= 0.3 is 5.51 Å². The summed E-state index contributed by atoms with van der Waals surface area (Å²) in [5, 5.41) is 0.392. The van der Waals surface area contributed by atoms with Crippen molar-refractivity contribution in [2.45, 2.75) is 17.3 Å². The van der Waals surface area contributed by atoms with E-state index in [4.69, 9.17) is 0 Å². The summed E-state index contributed by atoms with van der Waals surface area (Å²) in [7, 11) is -5.31. The van der Waals surface area contributed by atoms with E-state index in [0.717, 1.165) is 12.1 Å². The van der Waals surface area contributed by atoms with Crippen LogP contribution in [0.3, 0.4) is 0 Å². The molecular weight excluding hydrogens is 267 g/mol. The molecule has 0 unspecified atom stereocenters. The van der Waals surface area contributed by atoms with Gasteiger partial charge in [-0.15, -0.1) is 0 Å². The summed E-state index contributed by atoms with van der Waals surface area (Å²) in [6.07, 6.45) is 1.51. The number of aromatic nitrogens is 1. The Bertz CT molecular complexity index is 708. The van der Waals surface area contributed by atoms with Crippen molar-refractivity contribution in [3.8, 4) is 0 Å². The zero-order chi connectivity index (χ0) is 13.6. The van der Waals surface area contributed by atoms with Gasteiger partial charge in [-0.25, -0.2) is 8.42 Å². The molecule has 0 saturated carbocycles. The Kier molecular flexibility index (Phi) is 2.81. The molecule has 18 heavy (non-hydrogen) atoms. The molecule has 0 fully saturated rings. The summed E-state index contributed by atoms with van der Waals surface area (Å²) in [4.78, 5) is 3.19. The largest absolute Gasteiger partial charge is 0.501 e. The van der Waals surface area contributed by atoms with Gasteiger partial charge in [-0.1, -0.05) is 0 Å². The van der Waals surface area contributed by atoms with Crippen molar-refractivity contribution in [2.24, 2.45) is 0 Å². The monoisotopic (exact) mass is 275 g/mol. The quantitative estimate of drug-likeness (QED) is 0.804. The minimum atomic E-state index is -5.31. The second-order valence-corrected chi connectivity index (χ2v) is 5.70. The maximum atomic E-state index is 12.4. The molecule has 2 aromatic rings. The van der Waals surface area contributed by atoms with Crippen LogP contribution in [0, 0.1) is 6.92 Å². The van der Waals surface area contributed by atoms with Crippen molar-refractivity contribution < 1.29 is 21.6 Å². The van der Waals surface area contributed by atoms with Gasteiger partial charge in [0.15, 0.2) is 0 Å². The third kappa shape index (κ3) is 1.94. The van der Waals surface area contributed by atoms with Crippen LogP contribution in [0.25, 0.3) is 10.9 Å². The Hall–Kier alpha value is -1.63. The van der Waals surface area contributed by atoms with E-state index in [9.17, 15) is 21.6 Å². The third-order valence-electron chi connectivity index (χ3n) is 2.55. The zero-order valence-corrected chi connectivity index (χ0v) is 10.0. The molecule has 3 nitrogen and oxygen atoms in total. The van der Waals surface area contributed by atoms with E-state index in [1.54, 1.807) is 13.0 Å². The van der Waals surface area contributed by atoms with E-state index < -0.39 is 20.2 Å². The van der Waals surface area contributed by atoms with Crippen molar-refractivity contribution in [3.05, 3.63) is 36.0 Å². The van der Waals surface area contributed by atoms with Crippen LogP contribution in [-0.4, -0.2) is 18.9 Å². The summed E-state index contributed by atoms with van der Waals surface area (Å²) in [5.41, 5.74) is -4.17. The molecule has 0 N–H and O–H groups in total. The van der Waals surface area contributed by atoms with E-state index in [2.05, 4.69) is 4.98 Å². The molecule has 0 aliphatic rings. The highest BCUT2D eigenvalue weighted by atomic mass is 32.2. The SMILES string of the molecule is Cc1ccnc2ccc(S(=O)(=O)C(F)(F)F)cc12. The van der Waals surface area contributed by atoms with Crippen molar-refractivity contribution in [2.75, 3.05) is 0 Å². The van der Waals surface area contributed by atoms with Gasteiger partial charge in [0.05, 0.1) is 10.4 Å². The number of nitrogens with zero attached hydrogens (tertiary/aromatic N) is 1. The molecule has 0 radical (unpaired) electrons. The van der Waals surface area contributed by atoms with Gasteiger partial charge in [0.2, 0.25) is 0 Å². The van der Waals surface area contributed by atoms with Crippen molar-refractivity contribution in [1.82, 2.24) is 4.98 Å². The van der Waals surface area contributed by atoms with Gasteiger partial charge in [-0.2, -0.15) is 13.2 Å². The first-order chi connectivity index (χ1) is 8.23. The molecule has 1 aromatic heterocycles. The number of fused-ring (bicyclic) bond motifs is 1. The summed E-state index contributed by atoms with van der Waals surface area (Å²) >= 11 is 0. The van der Waals surface area contributed by atoms with Crippen LogP contribution in [0.4, 0.5) is 13.2 Å². The predicted octanol–water partition coefficient (Wildman–Crippen LogP) is 2.84. The molecule has 1 heterocycles. The lowest BCUT2D eigenvalue weighted by Gasteiger charge is -2.09. The highest BCUT2D eigenvalue weighted by Crippen LogP contribution is 2.31. The lowest BCUT2D eigenvalue weighted by atomic mass is 10.1. The predicted molar refractivity (Wildman–Crippen MR) is 59.7 cm³/mol. The second kappa shape index (κ2) is 3.94. The number of pyridine rings is 1. The zero-order valence-electron chi connectivity index (χ0n) is 9.19. The van der Waals surface area contributed by atoms with E-state index >= 15 is 0 Å². The smallest absolute Gasteiger partial charge is 0.256 e. The number of halogens is 3. The van der Waals surface area contributed by atoms with Gasteiger partial charge in [0.1, 0.15) is 0 Å². The first kappa shape index (κ1) is 12.8. The molecular formula is C11H8F3NO2S. The lowest BCUT2D eigenvalue weighted by Crippen LogP contribution is -2.23. The van der Waals surface area contributed by atoms with Crippen LogP contribution in [0.1, 0.15) is 5.56 Å². The van der Waals surface area contributed by atoms with Crippen molar-refractivity contribution >= 4 is 20.7 Å². The number of rotatable bonds is 1. The van der Waals surface area contributed by atoms with Gasteiger partial charge < -0.3 is 0 Å². The normalized spacial score (nSPS) is 12.9. The first-order valence-corrected chi connectivity index (χ1v) is 6.38. The standard InChI is InChI=1S/C11H8F3NO2S/c1-7-4-5-15-10-3-2-8(6-9(7)10)18(16,17)11(12,13)14/h2-6H,1H3. The molecule has 7 heteroatoms. The van der Waals surface area contributed by atoms with E-state index in [1.807, 2.05) is 0 Å². The maximum absolute atomic E-state index is 12.4. The number of benzene rings is 1. The fraction of sp³-hybridized carbons (Fsp3) is 0.182. The highest BCUT2D eigenvalue weighted by molar-refractivity contribution is 7.92. The summed E-state index contributed by atoms with van der Waals surface area (Å²) in [6, 6.07) is 4.78. The van der Waals surface area contributed by atoms with Crippen molar-refractivity contribution in [1.29, 1.82) is 0 Å². The Morgan fingerprint density at radius 3 is 2.44 bits per heavy atom. The molecule has 0 amide bonds. The molecule has 0 bridgehead atoms. The summed E-state index contributed by atoms with van der Waals surface area (Å²) in [5.74, 6) is 0. The van der Waals surface area contributed by atoms with Crippen LogP contribution in [0.15, 0.2) is 35.4 Å². The molecule has 2 rings (SSSR count). The molecule has 0 aliphatic heterocycles. The van der Waals surface area contributed by atoms with Crippen LogP contribution in [0.5, 0.6) is 0 Å². The average Bonchev–Trinajstić information content (AvgIpc) is 2.27. The minimum absolute atomic E-state index is 0.392. The van der Waals surface area contributed by atoms with Crippen LogP contribution < -0.4 is 0 Å². The summed E-state index contributed by atoms with van der Waals surface area (Å²) < 4.78 is 59.8. The van der Waals surface area contributed by atoms with Gasteiger partial charge in [0.25, 0.3) is 9.84 Å². The highest BCUT2D eigenvalue weighted by Gasteiger charge is 2.46. The van der Waals surface area contributed by atoms with Gasteiger partial charge in [-0.3, -0.25) is 4.98 Å². The maximum Gasteiger partial charge on any atom is 0.501 e.